The zero-order valence-corrected chi connectivity index (χ0v) is 12.3. The van der Waals surface area contributed by atoms with Crippen molar-refractivity contribution in [2.45, 2.75) is 6.54 Å². The maximum Gasteiger partial charge on any atom is 0.266 e. The normalized spacial score (nSPS) is 11.3. The second-order valence-corrected chi connectivity index (χ2v) is 4.65. The minimum absolute atomic E-state index is 0.0305. The van der Waals surface area contributed by atoms with Crippen molar-refractivity contribution in [1.82, 2.24) is 15.3 Å². The van der Waals surface area contributed by atoms with E-state index in [0.29, 0.717) is 5.69 Å². The first kappa shape index (κ1) is 16.6. The number of phenolic OH excluding ortho intramolecular Hbond substituents is 2. The summed E-state index contributed by atoms with van der Waals surface area (Å²) in [5, 5.41) is 40.6. The maximum atomic E-state index is 12.1. The molecule has 122 valence electrons. The number of hydrogen-bond donors (Lipinski definition) is 5. The highest BCUT2D eigenvalue weighted by Gasteiger charge is 2.18. The predicted octanol–water partition coefficient (Wildman–Crippen LogP) is 0.579. The number of anilines is 1. The molecule has 1 aromatic carbocycles. The number of nitrogens with one attached hydrogen (secondary N) is 1. The van der Waals surface area contributed by atoms with Gasteiger partial charge in [0, 0.05) is 11.8 Å². The maximum absolute atomic E-state index is 12.1. The molecule has 9 heteroatoms. The first-order valence-electron chi connectivity index (χ1n) is 6.62. The van der Waals surface area contributed by atoms with E-state index in [-0.39, 0.29) is 17.8 Å². The second-order valence-electron chi connectivity index (χ2n) is 4.65. The summed E-state index contributed by atoms with van der Waals surface area (Å²) in [6.45, 7) is 0.0305. The van der Waals surface area contributed by atoms with Gasteiger partial charge in [0.2, 0.25) is 0 Å². The van der Waals surface area contributed by atoms with Crippen molar-refractivity contribution in [1.29, 1.82) is 5.26 Å². The van der Waals surface area contributed by atoms with Gasteiger partial charge in [-0.2, -0.15) is 5.26 Å². The van der Waals surface area contributed by atoms with Crippen LogP contribution in [0.4, 0.5) is 5.69 Å². The lowest BCUT2D eigenvalue weighted by Gasteiger charge is -2.08. The van der Waals surface area contributed by atoms with Crippen molar-refractivity contribution < 1.29 is 20.1 Å². The van der Waals surface area contributed by atoms with E-state index in [0.717, 1.165) is 12.1 Å². The lowest BCUT2D eigenvalue weighted by Crippen LogP contribution is -2.25. The number of rotatable bonds is 4. The third kappa shape index (κ3) is 3.50. The Balaban J connectivity index is 2.26. The molecule has 2 rings (SSSR count). The first-order valence-corrected chi connectivity index (χ1v) is 6.62. The Morgan fingerprint density at radius 1 is 1.38 bits per heavy atom. The topological polar surface area (TPSA) is 165 Å². The Morgan fingerprint density at radius 3 is 2.71 bits per heavy atom. The van der Waals surface area contributed by atoms with Gasteiger partial charge in [-0.05, 0) is 18.2 Å². The Hall–Kier alpha value is -3.80. The van der Waals surface area contributed by atoms with Crippen LogP contribution in [0, 0.1) is 11.3 Å². The minimum Gasteiger partial charge on any atom is -0.506 e. The number of nitrogens with zero attached hydrogens (tertiary/aromatic N) is 3. The summed E-state index contributed by atoms with van der Waals surface area (Å²) in [4.78, 5) is 19.7. The predicted molar refractivity (Wildman–Crippen MR) is 83.2 cm³/mol. The minimum atomic E-state index is -0.834. The third-order valence-corrected chi connectivity index (χ3v) is 3.04. The van der Waals surface area contributed by atoms with Gasteiger partial charge in [0.25, 0.3) is 5.91 Å². The smallest absolute Gasteiger partial charge is 0.266 e. The number of aromatic nitrogens is 2. The van der Waals surface area contributed by atoms with Gasteiger partial charge in [-0.15, -0.1) is 0 Å². The van der Waals surface area contributed by atoms with Gasteiger partial charge in [-0.3, -0.25) is 4.79 Å². The van der Waals surface area contributed by atoms with Crippen LogP contribution in [0.3, 0.4) is 0 Å². The molecule has 24 heavy (non-hydrogen) atoms. The van der Waals surface area contributed by atoms with E-state index in [9.17, 15) is 20.1 Å². The van der Waals surface area contributed by atoms with Crippen LogP contribution in [0.5, 0.6) is 11.5 Å². The second kappa shape index (κ2) is 6.97. The van der Waals surface area contributed by atoms with Gasteiger partial charge in [0.05, 0.1) is 17.9 Å². The van der Waals surface area contributed by atoms with Crippen LogP contribution in [-0.2, 0) is 11.3 Å². The summed E-state index contributed by atoms with van der Waals surface area (Å²) in [6, 6.07) is 5.27. The molecule has 0 aliphatic rings. The number of carbonyl (C=O) groups is 1. The summed E-state index contributed by atoms with van der Waals surface area (Å²) < 4.78 is 0. The van der Waals surface area contributed by atoms with E-state index in [1.54, 1.807) is 12.1 Å². The molecular formula is C15H13N5O4. The third-order valence-electron chi connectivity index (χ3n) is 3.04. The van der Waals surface area contributed by atoms with Gasteiger partial charge in [0.1, 0.15) is 18.2 Å². The Morgan fingerprint density at radius 2 is 2.12 bits per heavy atom. The Kier molecular flexibility index (Phi) is 4.81. The highest BCUT2D eigenvalue weighted by molar-refractivity contribution is 6.03. The molecule has 0 atom stereocenters. The van der Waals surface area contributed by atoms with Crippen LogP contribution in [0.1, 0.15) is 11.3 Å². The van der Waals surface area contributed by atoms with Crippen LogP contribution in [0.25, 0.3) is 5.76 Å². The van der Waals surface area contributed by atoms with E-state index < -0.39 is 28.7 Å². The summed E-state index contributed by atoms with van der Waals surface area (Å²) in [6.07, 6.45) is 2.80. The molecule has 2 aromatic rings. The number of aliphatic hydroxyl groups excluding tert-OH is 1. The molecular weight excluding hydrogens is 314 g/mol. The molecule has 9 nitrogen and oxygen atoms in total. The molecule has 0 bridgehead atoms. The fourth-order valence-electron chi connectivity index (χ4n) is 1.82. The lowest BCUT2D eigenvalue weighted by atomic mass is 10.1. The molecule has 0 spiro atoms. The van der Waals surface area contributed by atoms with Crippen LogP contribution >= 0.6 is 0 Å². The van der Waals surface area contributed by atoms with Gasteiger partial charge in [0.15, 0.2) is 17.1 Å². The fraction of sp³-hybridized carbons (Fsp3) is 0.0667. The number of aromatic hydroxyl groups is 2. The number of nitrogens with two attached hydrogens (primary N) is 1. The number of hydrogen-bond acceptors (Lipinski definition) is 8. The molecule has 0 radical (unpaired) electrons. The van der Waals surface area contributed by atoms with E-state index in [2.05, 4.69) is 15.3 Å². The van der Waals surface area contributed by atoms with Crippen molar-refractivity contribution in [3.63, 3.8) is 0 Å². The summed E-state index contributed by atoms with van der Waals surface area (Å²) >= 11 is 0. The number of aliphatic hydroxyl groups is 1. The van der Waals surface area contributed by atoms with Crippen LogP contribution in [0.2, 0.25) is 0 Å². The number of phenols is 2. The zero-order chi connectivity index (χ0) is 17.7. The van der Waals surface area contributed by atoms with Crippen molar-refractivity contribution >= 4 is 17.4 Å². The average Bonchev–Trinajstić information content (AvgIpc) is 2.58. The molecule has 6 N–H and O–H groups in total. The van der Waals surface area contributed by atoms with Crippen molar-refractivity contribution in [2.24, 2.45) is 0 Å². The van der Waals surface area contributed by atoms with E-state index in [4.69, 9.17) is 11.0 Å². The lowest BCUT2D eigenvalue weighted by molar-refractivity contribution is -0.117. The standard InChI is InChI=1S/C15H13N5O4/c16-5-10(15(24)19-6-9-1-2-18-7-20-9)13(22)8-3-11(17)14(23)12(21)4-8/h1-4,7,21-23H,6,17H2,(H,19,24)/b13-10-. The van der Waals surface area contributed by atoms with Crippen LogP contribution < -0.4 is 11.1 Å². The van der Waals surface area contributed by atoms with Gasteiger partial charge < -0.3 is 26.4 Å². The van der Waals surface area contributed by atoms with Gasteiger partial charge in [-0.1, -0.05) is 0 Å². The Labute approximate surface area is 136 Å². The molecule has 1 heterocycles. The molecule has 0 saturated heterocycles. The number of nitriles is 1. The zero-order valence-electron chi connectivity index (χ0n) is 12.3. The average molecular weight is 327 g/mol. The summed E-state index contributed by atoms with van der Waals surface area (Å²) in [5.74, 6) is -2.66. The molecule has 0 saturated carbocycles. The van der Waals surface area contributed by atoms with E-state index in [1.165, 1.54) is 12.5 Å². The monoisotopic (exact) mass is 327 g/mol. The van der Waals surface area contributed by atoms with Crippen molar-refractivity contribution in [3.05, 3.63) is 47.6 Å². The molecule has 0 fully saturated rings. The molecule has 0 aliphatic heterocycles. The fourth-order valence-corrected chi connectivity index (χ4v) is 1.82. The SMILES string of the molecule is N#C/C(C(=O)NCc1ccncn1)=C(/O)c1cc(N)c(O)c(O)c1. The first-order chi connectivity index (χ1) is 11.4. The molecule has 0 aliphatic carbocycles. The van der Waals surface area contributed by atoms with Crippen molar-refractivity contribution in [3.8, 4) is 17.6 Å². The van der Waals surface area contributed by atoms with Gasteiger partial charge in [-0.25, -0.2) is 9.97 Å². The molecule has 1 aromatic heterocycles. The van der Waals surface area contributed by atoms with E-state index >= 15 is 0 Å². The largest absolute Gasteiger partial charge is 0.506 e. The van der Waals surface area contributed by atoms with E-state index in [1.807, 2.05) is 0 Å². The van der Waals surface area contributed by atoms with Gasteiger partial charge >= 0.3 is 0 Å². The number of amides is 1. The highest BCUT2D eigenvalue weighted by Crippen LogP contribution is 2.34. The van der Waals surface area contributed by atoms with Crippen molar-refractivity contribution in [2.75, 3.05) is 5.73 Å². The van der Waals surface area contributed by atoms with Crippen LogP contribution in [0.15, 0.2) is 36.3 Å². The Bertz CT molecular complexity index is 820. The summed E-state index contributed by atoms with van der Waals surface area (Å²) in [5.41, 5.74) is 5.11. The van der Waals surface area contributed by atoms with Crippen LogP contribution in [-0.4, -0.2) is 31.2 Å². The number of carbonyl (C=O) groups excluding carboxylic acids is 1. The quantitative estimate of drug-likeness (QED) is 0.179. The highest BCUT2D eigenvalue weighted by atomic mass is 16.3. The molecule has 0 unspecified atom stereocenters. The molecule has 1 amide bonds. The summed E-state index contributed by atoms with van der Waals surface area (Å²) in [7, 11) is 0. The number of benzene rings is 1. The number of nitrogen functional groups attached to an aromatic ring is 1.